The van der Waals surface area contributed by atoms with Crippen LogP contribution in [0.25, 0.3) is 0 Å². The molecular formula is C23H37N5O. The van der Waals surface area contributed by atoms with Gasteiger partial charge in [-0.2, -0.15) is 0 Å². The summed E-state index contributed by atoms with van der Waals surface area (Å²) in [7, 11) is 4.42. The van der Waals surface area contributed by atoms with Gasteiger partial charge in [0.1, 0.15) is 11.4 Å². The molecular weight excluding hydrogens is 362 g/mol. The van der Waals surface area contributed by atoms with Crippen molar-refractivity contribution in [1.29, 1.82) is 0 Å². The second kappa shape index (κ2) is 8.92. The number of aliphatic imine (C=N–C) groups is 1. The first-order valence-electron chi connectivity index (χ1n) is 11.3. The van der Waals surface area contributed by atoms with E-state index in [0.717, 1.165) is 63.7 Å². The molecule has 1 aromatic carbocycles. The van der Waals surface area contributed by atoms with E-state index >= 15 is 0 Å². The van der Waals surface area contributed by atoms with Gasteiger partial charge in [0.2, 0.25) is 0 Å². The van der Waals surface area contributed by atoms with E-state index in [-0.39, 0.29) is 11.6 Å². The van der Waals surface area contributed by atoms with Crippen molar-refractivity contribution < 1.29 is 4.74 Å². The van der Waals surface area contributed by atoms with Gasteiger partial charge in [-0.1, -0.05) is 18.2 Å². The van der Waals surface area contributed by atoms with E-state index in [2.05, 4.69) is 65.7 Å². The molecule has 0 amide bonds. The predicted octanol–water partition coefficient (Wildman–Crippen LogP) is 2.62. The summed E-state index contributed by atoms with van der Waals surface area (Å²) in [5, 5.41) is 7.23. The predicted molar refractivity (Wildman–Crippen MR) is 119 cm³/mol. The molecule has 6 heteroatoms. The van der Waals surface area contributed by atoms with E-state index in [0.29, 0.717) is 6.04 Å². The quantitative estimate of drug-likeness (QED) is 0.602. The molecule has 2 atom stereocenters. The summed E-state index contributed by atoms with van der Waals surface area (Å²) in [5.41, 5.74) is 1.25. The Morgan fingerprint density at radius 2 is 2.00 bits per heavy atom. The number of fused-ring (bicyclic) bond motifs is 1. The lowest BCUT2D eigenvalue weighted by Gasteiger charge is -2.40. The fraction of sp³-hybridized carbons (Fsp3) is 0.696. The first kappa shape index (κ1) is 20.5. The molecule has 0 aromatic heterocycles. The molecule has 4 rings (SSSR count). The maximum atomic E-state index is 6.52. The lowest BCUT2D eigenvalue weighted by Crippen LogP contribution is -2.52. The molecule has 0 radical (unpaired) electrons. The Bertz CT molecular complexity index is 715. The van der Waals surface area contributed by atoms with Crippen molar-refractivity contribution in [3.8, 4) is 5.75 Å². The second-order valence-electron chi connectivity index (χ2n) is 9.05. The SMILES string of the molecule is CCNC(=NCC1CN(C)CCN1C)NC1CC2(CCCC2)Oc2ccccc21. The summed E-state index contributed by atoms with van der Waals surface area (Å²) < 4.78 is 6.52. The van der Waals surface area contributed by atoms with Crippen molar-refractivity contribution in [2.45, 2.75) is 56.7 Å². The topological polar surface area (TPSA) is 52.1 Å². The third-order valence-electron chi connectivity index (χ3n) is 6.81. The number of hydrogen-bond acceptors (Lipinski definition) is 4. The van der Waals surface area contributed by atoms with Gasteiger partial charge in [0.25, 0.3) is 0 Å². The Morgan fingerprint density at radius 1 is 1.21 bits per heavy atom. The monoisotopic (exact) mass is 399 g/mol. The van der Waals surface area contributed by atoms with Gasteiger partial charge < -0.3 is 20.3 Å². The van der Waals surface area contributed by atoms with Crippen LogP contribution in [0.15, 0.2) is 29.3 Å². The van der Waals surface area contributed by atoms with E-state index < -0.39 is 0 Å². The van der Waals surface area contributed by atoms with Crippen LogP contribution in [0.4, 0.5) is 0 Å². The molecule has 3 aliphatic rings. The Hall–Kier alpha value is -1.79. The van der Waals surface area contributed by atoms with Gasteiger partial charge >= 0.3 is 0 Å². The molecule has 29 heavy (non-hydrogen) atoms. The van der Waals surface area contributed by atoms with Gasteiger partial charge in [-0.15, -0.1) is 0 Å². The van der Waals surface area contributed by atoms with Crippen LogP contribution in [0.1, 0.15) is 50.6 Å². The van der Waals surface area contributed by atoms with Crippen LogP contribution < -0.4 is 15.4 Å². The number of nitrogens with zero attached hydrogens (tertiary/aromatic N) is 3. The van der Waals surface area contributed by atoms with Gasteiger partial charge in [-0.3, -0.25) is 9.89 Å². The zero-order valence-electron chi connectivity index (χ0n) is 18.3. The summed E-state index contributed by atoms with van der Waals surface area (Å²) in [6, 6.07) is 9.22. The van der Waals surface area contributed by atoms with Gasteiger partial charge in [-0.05, 0) is 52.8 Å². The molecule has 1 aromatic rings. The highest BCUT2D eigenvalue weighted by molar-refractivity contribution is 5.80. The third kappa shape index (κ3) is 4.69. The van der Waals surface area contributed by atoms with Gasteiger partial charge in [0, 0.05) is 44.2 Å². The molecule has 0 bridgehead atoms. The number of ether oxygens (including phenoxy) is 1. The largest absolute Gasteiger partial charge is 0.487 e. The van der Waals surface area contributed by atoms with Gasteiger partial charge in [0.05, 0.1) is 12.6 Å². The fourth-order valence-electron chi connectivity index (χ4n) is 5.05. The highest BCUT2D eigenvalue weighted by Crippen LogP contribution is 2.46. The molecule has 1 saturated carbocycles. The standard InChI is InChI=1S/C23H37N5O/c1-4-24-22(25-16-18-17-27(2)13-14-28(18)3)26-20-15-23(11-7-8-12-23)29-21-10-6-5-9-19(20)21/h5-6,9-10,18,20H,4,7-8,11-17H2,1-3H3,(H2,24,25,26). The smallest absolute Gasteiger partial charge is 0.191 e. The highest BCUT2D eigenvalue weighted by Gasteiger charge is 2.43. The average Bonchev–Trinajstić information content (AvgIpc) is 3.16. The molecule has 2 unspecified atom stereocenters. The molecule has 2 heterocycles. The Labute approximate surface area is 175 Å². The number of para-hydroxylation sites is 1. The zero-order chi connectivity index (χ0) is 20.3. The molecule has 1 saturated heterocycles. The maximum Gasteiger partial charge on any atom is 0.191 e. The number of benzene rings is 1. The van der Waals surface area contributed by atoms with E-state index in [1.165, 1.54) is 18.4 Å². The molecule has 2 aliphatic heterocycles. The van der Waals surface area contributed by atoms with E-state index in [9.17, 15) is 0 Å². The Morgan fingerprint density at radius 3 is 2.79 bits per heavy atom. The molecule has 6 nitrogen and oxygen atoms in total. The van der Waals surface area contributed by atoms with Crippen LogP contribution in [0.3, 0.4) is 0 Å². The molecule has 1 aliphatic carbocycles. The summed E-state index contributed by atoms with van der Waals surface area (Å²) in [6.07, 6.45) is 5.87. The lowest BCUT2D eigenvalue weighted by molar-refractivity contribution is 0.0396. The third-order valence-corrected chi connectivity index (χ3v) is 6.81. The Balaban J connectivity index is 1.51. The van der Waals surface area contributed by atoms with Crippen LogP contribution in [0, 0.1) is 0 Å². The van der Waals surface area contributed by atoms with Crippen molar-refractivity contribution >= 4 is 5.96 Å². The van der Waals surface area contributed by atoms with E-state index in [4.69, 9.17) is 9.73 Å². The van der Waals surface area contributed by atoms with Crippen molar-refractivity contribution in [2.24, 2.45) is 4.99 Å². The first-order valence-corrected chi connectivity index (χ1v) is 11.3. The van der Waals surface area contributed by atoms with Crippen molar-refractivity contribution in [1.82, 2.24) is 20.4 Å². The molecule has 2 N–H and O–H groups in total. The maximum absolute atomic E-state index is 6.52. The van der Waals surface area contributed by atoms with Gasteiger partial charge in [0.15, 0.2) is 5.96 Å². The van der Waals surface area contributed by atoms with Crippen molar-refractivity contribution in [3.05, 3.63) is 29.8 Å². The van der Waals surface area contributed by atoms with Crippen LogP contribution in [0.2, 0.25) is 0 Å². The molecule has 2 fully saturated rings. The zero-order valence-corrected chi connectivity index (χ0v) is 18.3. The average molecular weight is 400 g/mol. The summed E-state index contributed by atoms with van der Waals surface area (Å²) in [6.45, 7) is 7.12. The van der Waals surface area contributed by atoms with Crippen LogP contribution in [-0.2, 0) is 0 Å². The fourth-order valence-corrected chi connectivity index (χ4v) is 5.05. The van der Waals surface area contributed by atoms with Crippen LogP contribution in [0.5, 0.6) is 5.75 Å². The van der Waals surface area contributed by atoms with E-state index in [1.807, 2.05) is 0 Å². The van der Waals surface area contributed by atoms with Gasteiger partial charge in [-0.25, -0.2) is 0 Å². The minimum atomic E-state index is -0.00432. The van der Waals surface area contributed by atoms with Crippen molar-refractivity contribution in [3.63, 3.8) is 0 Å². The number of likely N-dealkylation sites (N-methyl/N-ethyl adjacent to an activating group) is 2. The number of nitrogens with one attached hydrogen (secondary N) is 2. The summed E-state index contributed by atoms with van der Waals surface area (Å²) in [4.78, 5) is 9.83. The van der Waals surface area contributed by atoms with Crippen molar-refractivity contribution in [2.75, 3.05) is 46.8 Å². The Kier molecular flexibility index (Phi) is 6.30. The van der Waals surface area contributed by atoms with Crippen LogP contribution >= 0.6 is 0 Å². The minimum absolute atomic E-state index is 0.00432. The van der Waals surface area contributed by atoms with E-state index in [1.54, 1.807) is 0 Å². The number of rotatable bonds is 4. The van der Waals surface area contributed by atoms with Crippen LogP contribution in [-0.4, -0.2) is 74.2 Å². The number of hydrogen-bond donors (Lipinski definition) is 2. The summed E-state index contributed by atoms with van der Waals surface area (Å²) in [5.74, 6) is 1.96. The second-order valence-corrected chi connectivity index (χ2v) is 9.05. The normalized spacial score (nSPS) is 27.5. The number of guanidine groups is 1. The molecule has 1 spiro atoms. The highest BCUT2D eigenvalue weighted by atomic mass is 16.5. The number of piperazine rings is 1. The minimum Gasteiger partial charge on any atom is -0.487 e. The first-order chi connectivity index (χ1) is 14.1. The molecule has 160 valence electrons. The lowest BCUT2D eigenvalue weighted by atomic mass is 9.86. The summed E-state index contributed by atoms with van der Waals surface area (Å²) >= 11 is 0.